The lowest BCUT2D eigenvalue weighted by Gasteiger charge is -2.13. The van der Waals surface area contributed by atoms with Crippen LogP contribution in [0.4, 0.5) is 0 Å². The van der Waals surface area contributed by atoms with Crippen LogP contribution in [0.15, 0.2) is 18.2 Å². The number of amides is 1. The van der Waals surface area contributed by atoms with E-state index in [9.17, 15) is 9.59 Å². The van der Waals surface area contributed by atoms with Gasteiger partial charge in [0.05, 0.1) is 6.54 Å². The molecule has 7 heteroatoms. The maximum atomic E-state index is 11.8. The molecule has 1 amide bonds. The Morgan fingerprint density at radius 1 is 1.32 bits per heavy atom. The molecule has 3 N–H and O–H groups in total. The molecule has 120 valence electrons. The minimum absolute atomic E-state index is 0.0263. The summed E-state index contributed by atoms with van der Waals surface area (Å²) in [5.41, 5.74) is 0.890. The van der Waals surface area contributed by atoms with E-state index in [1.54, 1.807) is 6.07 Å². The van der Waals surface area contributed by atoms with Gasteiger partial charge in [-0.15, -0.1) is 0 Å². The molecule has 0 fully saturated rings. The van der Waals surface area contributed by atoms with Gasteiger partial charge in [-0.05, 0) is 24.1 Å². The van der Waals surface area contributed by atoms with E-state index in [-0.39, 0.29) is 19.2 Å². The van der Waals surface area contributed by atoms with Crippen molar-refractivity contribution >= 4 is 11.9 Å². The summed E-state index contributed by atoms with van der Waals surface area (Å²) in [4.78, 5) is 22.7. The zero-order valence-electron chi connectivity index (χ0n) is 12.4. The van der Waals surface area contributed by atoms with Crippen molar-refractivity contribution in [3.05, 3.63) is 23.8 Å². The summed E-state index contributed by atoms with van der Waals surface area (Å²) < 4.78 is 10.5. The number of aliphatic carboxylic acids is 1. The highest BCUT2D eigenvalue weighted by atomic mass is 16.7. The molecule has 0 radical (unpaired) electrons. The average Bonchev–Trinajstić information content (AvgIpc) is 2.96. The Morgan fingerprint density at radius 2 is 2.09 bits per heavy atom. The minimum Gasteiger partial charge on any atom is -0.480 e. The summed E-state index contributed by atoms with van der Waals surface area (Å²) in [5.74, 6) is 0.171. The topological polar surface area (TPSA) is 96.9 Å². The second-order valence-corrected chi connectivity index (χ2v) is 5.02. The van der Waals surface area contributed by atoms with Crippen molar-refractivity contribution in [3.8, 4) is 11.5 Å². The van der Waals surface area contributed by atoms with E-state index in [0.29, 0.717) is 24.5 Å². The number of carboxylic acid groups (broad SMARTS) is 1. The molecule has 0 bridgehead atoms. The molecule has 1 atom stereocenters. The molecule has 1 unspecified atom stereocenters. The van der Waals surface area contributed by atoms with Gasteiger partial charge in [-0.3, -0.25) is 14.9 Å². The fourth-order valence-electron chi connectivity index (χ4n) is 2.13. The van der Waals surface area contributed by atoms with E-state index in [2.05, 4.69) is 10.6 Å². The van der Waals surface area contributed by atoms with Crippen molar-refractivity contribution < 1.29 is 24.2 Å². The molecule has 22 heavy (non-hydrogen) atoms. The number of fused-ring (bicyclic) bond motifs is 1. The van der Waals surface area contributed by atoms with Crippen molar-refractivity contribution in [2.45, 2.75) is 32.4 Å². The van der Waals surface area contributed by atoms with Gasteiger partial charge in [0, 0.05) is 6.54 Å². The van der Waals surface area contributed by atoms with Crippen molar-refractivity contribution in [3.63, 3.8) is 0 Å². The van der Waals surface area contributed by atoms with E-state index in [1.165, 1.54) is 0 Å². The quantitative estimate of drug-likeness (QED) is 0.659. The largest absolute Gasteiger partial charge is 0.480 e. The highest BCUT2D eigenvalue weighted by Gasteiger charge is 2.17. The van der Waals surface area contributed by atoms with Crippen molar-refractivity contribution in [1.29, 1.82) is 0 Å². The SMILES string of the molecule is CCCC(NCC(=O)NCc1ccc2c(c1)OCO2)C(=O)O. The number of hydrogen-bond donors (Lipinski definition) is 3. The Kier molecular flexibility index (Phi) is 5.60. The number of carboxylic acids is 1. The third kappa shape index (κ3) is 4.36. The van der Waals surface area contributed by atoms with E-state index >= 15 is 0 Å². The smallest absolute Gasteiger partial charge is 0.320 e. The molecule has 0 aromatic heterocycles. The van der Waals surface area contributed by atoms with Crippen LogP contribution < -0.4 is 20.1 Å². The molecule has 1 aliphatic heterocycles. The molecule has 1 heterocycles. The number of nitrogens with one attached hydrogen (secondary N) is 2. The van der Waals surface area contributed by atoms with Crippen LogP contribution in [0.5, 0.6) is 11.5 Å². The summed E-state index contributed by atoms with van der Waals surface area (Å²) in [6.45, 7) is 2.44. The van der Waals surface area contributed by atoms with Gasteiger partial charge in [-0.25, -0.2) is 0 Å². The van der Waals surface area contributed by atoms with Crippen LogP contribution in [0.3, 0.4) is 0 Å². The molecule has 1 aliphatic rings. The maximum Gasteiger partial charge on any atom is 0.320 e. The first-order valence-electron chi connectivity index (χ1n) is 7.21. The van der Waals surface area contributed by atoms with Gasteiger partial charge >= 0.3 is 5.97 Å². The molecule has 1 aromatic rings. The average molecular weight is 308 g/mol. The zero-order chi connectivity index (χ0) is 15.9. The van der Waals surface area contributed by atoms with Crippen molar-refractivity contribution in [2.75, 3.05) is 13.3 Å². The first kappa shape index (κ1) is 16.1. The predicted octanol–water partition coefficient (Wildman–Crippen LogP) is 0.874. The van der Waals surface area contributed by atoms with Gasteiger partial charge in [-0.1, -0.05) is 19.4 Å². The van der Waals surface area contributed by atoms with E-state index in [4.69, 9.17) is 14.6 Å². The fourth-order valence-corrected chi connectivity index (χ4v) is 2.13. The number of benzene rings is 1. The van der Waals surface area contributed by atoms with Gasteiger partial charge in [-0.2, -0.15) is 0 Å². The molecule has 1 aromatic carbocycles. The predicted molar refractivity (Wildman–Crippen MR) is 78.7 cm³/mol. The molecule has 0 saturated heterocycles. The lowest BCUT2D eigenvalue weighted by molar-refractivity contribution is -0.139. The second-order valence-electron chi connectivity index (χ2n) is 5.02. The molecular formula is C15H20N2O5. The van der Waals surface area contributed by atoms with Crippen LogP contribution in [0, 0.1) is 0 Å². The third-order valence-electron chi connectivity index (χ3n) is 3.31. The number of carbonyl (C=O) groups excluding carboxylic acids is 1. The number of hydrogen-bond acceptors (Lipinski definition) is 5. The molecule has 0 spiro atoms. The Bertz CT molecular complexity index is 547. The van der Waals surface area contributed by atoms with Gasteiger partial charge in [0.15, 0.2) is 11.5 Å². The summed E-state index contributed by atoms with van der Waals surface area (Å²) in [5, 5.41) is 14.5. The van der Waals surface area contributed by atoms with Crippen LogP contribution >= 0.6 is 0 Å². The summed E-state index contributed by atoms with van der Waals surface area (Å²) in [6.07, 6.45) is 1.23. The fraction of sp³-hybridized carbons (Fsp3) is 0.467. The molecule has 0 aliphatic carbocycles. The Hall–Kier alpha value is -2.28. The number of rotatable bonds is 8. The van der Waals surface area contributed by atoms with E-state index in [0.717, 1.165) is 12.0 Å². The van der Waals surface area contributed by atoms with Crippen LogP contribution in [0.1, 0.15) is 25.3 Å². The Balaban J connectivity index is 1.76. The third-order valence-corrected chi connectivity index (χ3v) is 3.31. The van der Waals surface area contributed by atoms with Crippen LogP contribution in [0.25, 0.3) is 0 Å². The molecule has 0 saturated carbocycles. The normalized spacial score (nSPS) is 13.7. The summed E-state index contributed by atoms with van der Waals surface area (Å²) in [6, 6.07) is 4.76. The van der Waals surface area contributed by atoms with Crippen LogP contribution in [-0.4, -0.2) is 36.4 Å². The van der Waals surface area contributed by atoms with Gasteiger partial charge in [0.1, 0.15) is 6.04 Å². The van der Waals surface area contributed by atoms with E-state index < -0.39 is 12.0 Å². The monoisotopic (exact) mass is 308 g/mol. The van der Waals surface area contributed by atoms with Crippen LogP contribution in [-0.2, 0) is 16.1 Å². The zero-order valence-corrected chi connectivity index (χ0v) is 12.4. The maximum absolute atomic E-state index is 11.8. The lowest BCUT2D eigenvalue weighted by Crippen LogP contribution is -2.42. The summed E-state index contributed by atoms with van der Waals surface area (Å²) in [7, 11) is 0. The summed E-state index contributed by atoms with van der Waals surface area (Å²) >= 11 is 0. The van der Waals surface area contributed by atoms with Crippen molar-refractivity contribution in [1.82, 2.24) is 10.6 Å². The highest BCUT2D eigenvalue weighted by Crippen LogP contribution is 2.32. The first-order valence-corrected chi connectivity index (χ1v) is 7.21. The molecular weight excluding hydrogens is 288 g/mol. The number of carbonyl (C=O) groups is 2. The first-order chi connectivity index (χ1) is 10.6. The van der Waals surface area contributed by atoms with Gasteiger partial charge in [0.25, 0.3) is 0 Å². The Labute approximate surface area is 128 Å². The second kappa shape index (κ2) is 7.65. The lowest BCUT2D eigenvalue weighted by atomic mass is 10.1. The van der Waals surface area contributed by atoms with Crippen molar-refractivity contribution in [2.24, 2.45) is 0 Å². The van der Waals surface area contributed by atoms with Crippen LogP contribution in [0.2, 0.25) is 0 Å². The Morgan fingerprint density at radius 3 is 2.82 bits per heavy atom. The standard InChI is InChI=1S/C15H20N2O5/c1-2-3-11(15(19)20)16-8-14(18)17-7-10-4-5-12-13(6-10)22-9-21-12/h4-6,11,16H,2-3,7-9H2,1H3,(H,17,18)(H,19,20). The van der Waals surface area contributed by atoms with Gasteiger partial charge < -0.3 is 19.9 Å². The highest BCUT2D eigenvalue weighted by molar-refractivity contribution is 5.79. The van der Waals surface area contributed by atoms with Gasteiger partial charge in [0.2, 0.25) is 12.7 Å². The number of ether oxygens (including phenoxy) is 2. The molecule has 2 rings (SSSR count). The molecule has 7 nitrogen and oxygen atoms in total. The van der Waals surface area contributed by atoms with E-state index in [1.807, 2.05) is 19.1 Å². The minimum atomic E-state index is -0.939.